The van der Waals surface area contributed by atoms with Crippen LogP contribution in [0, 0.1) is 0 Å². The number of hydrogen-bond donors (Lipinski definition) is 1. The van der Waals surface area contributed by atoms with E-state index >= 15 is 0 Å². The van der Waals surface area contributed by atoms with Gasteiger partial charge in [-0.3, -0.25) is 9.59 Å². The number of carbonyl (C=O) groups excluding carboxylic acids is 1. The first-order chi connectivity index (χ1) is 13.3. The average Bonchev–Trinajstić information content (AvgIpc) is 2.66. The zero-order valence-corrected chi connectivity index (χ0v) is 16.3. The largest absolute Gasteiger partial charge is 0.497 e. The molecule has 150 valence electrons. The lowest BCUT2D eigenvalue weighted by Crippen LogP contribution is -2.35. The molecule has 1 aromatic heterocycles. The lowest BCUT2D eigenvalue weighted by Gasteiger charge is -2.21. The molecule has 1 N–H and O–H groups in total. The maximum atomic E-state index is 12.8. The molecular weight excluding hydrogens is 364 g/mol. The fourth-order valence-corrected chi connectivity index (χ4v) is 2.54. The van der Waals surface area contributed by atoms with Crippen molar-refractivity contribution in [2.24, 2.45) is 0 Å². The highest BCUT2D eigenvalue weighted by molar-refractivity contribution is 5.95. The highest BCUT2D eigenvalue weighted by Gasteiger charge is 2.20. The molecule has 0 aliphatic carbocycles. The van der Waals surface area contributed by atoms with E-state index in [4.69, 9.17) is 14.2 Å². The van der Waals surface area contributed by atoms with E-state index in [0.717, 1.165) is 0 Å². The lowest BCUT2D eigenvalue weighted by atomic mass is 10.1. The molecule has 1 heterocycles. The van der Waals surface area contributed by atoms with E-state index in [1.807, 2.05) is 13.8 Å². The first-order valence-electron chi connectivity index (χ1n) is 8.68. The molecule has 0 bridgehead atoms. The first-order valence-corrected chi connectivity index (χ1v) is 8.68. The van der Waals surface area contributed by atoms with Gasteiger partial charge in [-0.25, -0.2) is 4.98 Å². The van der Waals surface area contributed by atoms with Crippen molar-refractivity contribution in [1.82, 2.24) is 9.88 Å². The summed E-state index contributed by atoms with van der Waals surface area (Å²) in [5.41, 5.74) is 0.950. The highest BCUT2D eigenvalue weighted by atomic mass is 16.5. The van der Waals surface area contributed by atoms with Crippen LogP contribution in [0.15, 0.2) is 36.5 Å². The molecule has 0 atom stereocenters. The van der Waals surface area contributed by atoms with Crippen LogP contribution in [0.2, 0.25) is 0 Å². The van der Waals surface area contributed by atoms with E-state index in [-0.39, 0.29) is 18.2 Å². The topological polar surface area (TPSA) is 98.2 Å². The normalized spacial score (nSPS) is 10.5. The van der Waals surface area contributed by atoms with E-state index in [1.165, 1.54) is 25.3 Å². The Morgan fingerprint density at radius 1 is 1.11 bits per heavy atom. The van der Waals surface area contributed by atoms with E-state index in [9.17, 15) is 14.7 Å². The number of rotatable bonds is 9. The van der Waals surface area contributed by atoms with E-state index in [0.29, 0.717) is 22.9 Å². The number of aromatic nitrogens is 1. The Hall–Kier alpha value is -3.29. The van der Waals surface area contributed by atoms with Crippen LogP contribution < -0.4 is 14.2 Å². The molecule has 8 heteroatoms. The Labute approximate surface area is 163 Å². The van der Waals surface area contributed by atoms with Gasteiger partial charge in [-0.1, -0.05) is 0 Å². The number of carboxylic acid groups (broad SMARTS) is 1. The summed E-state index contributed by atoms with van der Waals surface area (Å²) >= 11 is 0. The molecule has 0 aliphatic rings. The highest BCUT2D eigenvalue weighted by Crippen LogP contribution is 2.24. The Morgan fingerprint density at radius 2 is 1.75 bits per heavy atom. The van der Waals surface area contributed by atoms with Crippen molar-refractivity contribution in [2.75, 3.05) is 20.8 Å². The zero-order chi connectivity index (χ0) is 20.7. The fraction of sp³-hybridized carbons (Fsp3) is 0.350. The smallest absolute Gasteiger partial charge is 0.323 e. The van der Waals surface area contributed by atoms with E-state index in [1.54, 1.807) is 30.3 Å². The van der Waals surface area contributed by atoms with Crippen molar-refractivity contribution in [1.29, 1.82) is 0 Å². The summed E-state index contributed by atoms with van der Waals surface area (Å²) in [6.07, 6.45) is 1.33. The van der Waals surface area contributed by atoms with Crippen molar-refractivity contribution in [3.05, 3.63) is 47.7 Å². The molecule has 1 aromatic carbocycles. The van der Waals surface area contributed by atoms with Gasteiger partial charge in [-0.05, 0) is 37.6 Å². The quantitative estimate of drug-likeness (QED) is 0.705. The first kappa shape index (κ1) is 21.0. The maximum absolute atomic E-state index is 12.8. The number of pyridine rings is 1. The molecule has 0 unspecified atom stereocenters. The van der Waals surface area contributed by atoms with Gasteiger partial charge in [0.1, 0.15) is 18.0 Å². The number of nitrogens with zero attached hydrogens (tertiary/aromatic N) is 2. The summed E-state index contributed by atoms with van der Waals surface area (Å²) in [4.78, 5) is 29.4. The van der Waals surface area contributed by atoms with Gasteiger partial charge < -0.3 is 24.2 Å². The van der Waals surface area contributed by atoms with Crippen LogP contribution in [-0.2, 0) is 11.3 Å². The van der Waals surface area contributed by atoms with Gasteiger partial charge in [-0.2, -0.15) is 0 Å². The second-order valence-electron chi connectivity index (χ2n) is 6.33. The monoisotopic (exact) mass is 388 g/mol. The minimum atomic E-state index is -1.11. The Kier molecular flexibility index (Phi) is 7.20. The van der Waals surface area contributed by atoms with Gasteiger partial charge in [0.15, 0.2) is 0 Å². The van der Waals surface area contributed by atoms with Crippen LogP contribution >= 0.6 is 0 Å². The van der Waals surface area contributed by atoms with Crippen molar-refractivity contribution in [2.45, 2.75) is 26.5 Å². The van der Waals surface area contributed by atoms with Crippen LogP contribution in [0.5, 0.6) is 17.4 Å². The molecule has 2 aromatic rings. The number of aliphatic carboxylic acids is 1. The predicted octanol–water partition coefficient (Wildman–Crippen LogP) is 2.61. The average molecular weight is 388 g/mol. The minimum Gasteiger partial charge on any atom is -0.497 e. The summed E-state index contributed by atoms with van der Waals surface area (Å²) in [6, 6.07) is 8.30. The van der Waals surface area contributed by atoms with Gasteiger partial charge in [0, 0.05) is 24.9 Å². The Balaban J connectivity index is 2.25. The number of benzene rings is 1. The third kappa shape index (κ3) is 5.87. The van der Waals surface area contributed by atoms with Crippen molar-refractivity contribution in [3.63, 3.8) is 0 Å². The SMILES string of the molecule is COc1cc(CN(CC(=O)O)C(=O)c2ccc(OC(C)C)nc2)cc(OC)c1. The molecule has 0 aliphatic heterocycles. The molecule has 2 rings (SSSR count). The molecule has 0 fully saturated rings. The maximum Gasteiger partial charge on any atom is 0.323 e. The van der Waals surface area contributed by atoms with Gasteiger partial charge in [0.2, 0.25) is 5.88 Å². The van der Waals surface area contributed by atoms with Crippen molar-refractivity contribution >= 4 is 11.9 Å². The van der Waals surface area contributed by atoms with Crippen molar-refractivity contribution < 1.29 is 28.9 Å². The predicted molar refractivity (Wildman–Crippen MR) is 102 cm³/mol. The Bertz CT molecular complexity index is 798. The van der Waals surface area contributed by atoms with Crippen LogP contribution in [0.25, 0.3) is 0 Å². The molecule has 0 saturated carbocycles. The van der Waals surface area contributed by atoms with Crippen LogP contribution in [0.4, 0.5) is 0 Å². The number of ether oxygens (including phenoxy) is 3. The molecule has 0 radical (unpaired) electrons. The summed E-state index contributed by atoms with van der Waals surface area (Å²) in [5.74, 6) is -0.0690. The van der Waals surface area contributed by atoms with Gasteiger partial charge in [0.25, 0.3) is 5.91 Å². The summed E-state index contributed by atoms with van der Waals surface area (Å²) in [7, 11) is 3.04. The van der Waals surface area contributed by atoms with Gasteiger partial charge in [-0.15, -0.1) is 0 Å². The molecule has 1 amide bonds. The third-order valence-corrected chi connectivity index (χ3v) is 3.74. The summed E-state index contributed by atoms with van der Waals surface area (Å²) < 4.78 is 15.9. The van der Waals surface area contributed by atoms with Crippen molar-refractivity contribution in [3.8, 4) is 17.4 Å². The fourth-order valence-electron chi connectivity index (χ4n) is 2.54. The lowest BCUT2D eigenvalue weighted by molar-refractivity contribution is -0.137. The number of methoxy groups -OCH3 is 2. The van der Waals surface area contributed by atoms with Crippen LogP contribution in [-0.4, -0.2) is 53.7 Å². The standard InChI is InChI=1S/C20H24N2O6/c1-13(2)28-18-6-5-15(10-21-18)20(25)22(12-19(23)24)11-14-7-16(26-3)9-17(8-14)27-4/h5-10,13H,11-12H2,1-4H3,(H,23,24). The second-order valence-corrected chi connectivity index (χ2v) is 6.33. The number of carboxylic acids is 1. The van der Waals surface area contributed by atoms with Crippen LogP contribution in [0.3, 0.4) is 0 Å². The van der Waals surface area contributed by atoms with E-state index in [2.05, 4.69) is 4.98 Å². The number of amides is 1. The van der Waals surface area contributed by atoms with Gasteiger partial charge >= 0.3 is 5.97 Å². The number of carbonyl (C=O) groups is 2. The molecular formula is C20H24N2O6. The van der Waals surface area contributed by atoms with Gasteiger partial charge in [0.05, 0.1) is 25.9 Å². The molecule has 8 nitrogen and oxygen atoms in total. The van der Waals surface area contributed by atoms with Crippen LogP contribution in [0.1, 0.15) is 29.8 Å². The summed E-state index contributed by atoms with van der Waals surface area (Å²) in [5, 5.41) is 9.22. The second kappa shape index (κ2) is 9.59. The molecule has 0 saturated heterocycles. The number of hydrogen-bond acceptors (Lipinski definition) is 6. The zero-order valence-electron chi connectivity index (χ0n) is 16.3. The van der Waals surface area contributed by atoms with E-state index < -0.39 is 18.4 Å². The third-order valence-electron chi connectivity index (χ3n) is 3.74. The molecule has 0 spiro atoms. The molecule has 28 heavy (non-hydrogen) atoms. The minimum absolute atomic E-state index is 0.0411. The Morgan fingerprint density at radius 3 is 2.21 bits per heavy atom. The summed E-state index contributed by atoms with van der Waals surface area (Å²) in [6.45, 7) is 3.36.